The van der Waals surface area contributed by atoms with E-state index >= 15 is 0 Å². The van der Waals surface area contributed by atoms with Gasteiger partial charge in [-0.3, -0.25) is 0 Å². The molecule has 1 spiro atoms. The Balaban J connectivity index is 1.06. The van der Waals surface area contributed by atoms with Crippen LogP contribution in [0.25, 0.3) is 67.2 Å². The van der Waals surface area contributed by atoms with Crippen LogP contribution in [0.2, 0.25) is 0 Å². The largest absolute Gasteiger partial charge is 0.456 e. The number of para-hydroxylation sites is 2. The molecule has 0 amide bonds. The first kappa shape index (κ1) is 31.7. The summed E-state index contributed by atoms with van der Waals surface area (Å²) in [7, 11) is 0. The molecule has 0 saturated carbocycles. The molecule has 0 atom stereocenters. The Morgan fingerprint density at radius 2 is 0.842 bits per heavy atom. The summed E-state index contributed by atoms with van der Waals surface area (Å²) >= 11 is 0. The van der Waals surface area contributed by atoms with Gasteiger partial charge in [0.1, 0.15) is 11.2 Å². The monoisotopic (exact) mass is 728 g/mol. The molecule has 8 aromatic carbocycles. The van der Waals surface area contributed by atoms with Crippen molar-refractivity contribution in [2.24, 2.45) is 0 Å². The second-order valence-corrected chi connectivity index (χ2v) is 14.7. The second kappa shape index (κ2) is 12.2. The number of rotatable bonds is 4. The third-order valence-electron chi connectivity index (χ3n) is 11.7. The van der Waals surface area contributed by atoms with Gasteiger partial charge in [0.2, 0.25) is 0 Å². The van der Waals surface area contributed by atoms with Gasteiger partial charge in [-0.05, 0) is 69.8 Å². The van der Waals surface area contributed by atoms with Gasteiger partial charge in [-0.25, -0.2) is 15.0 Å². The normalized spacial score (nSPS) is 13.4. The predicted octanol–water partition coefficient (Wildman–Crippen LogP) is 12.9. The van der Waals surface area contributed by atoms with Crippen molar-refractivity contribution < 1.29 is 4.42 Å². The minimum absolute atomic E-state index is 0.472. The Labute approximate surface area is 329 Å². The molecule has 0 unspecified atom stereocenters. The van der Waals surface area contributed by atoms with Crippen LogP contribution in [0.5, 0.6) is 0 Å². The van der Waals surface area contributed by atoms with Gasteiger partial charge in [-0.1, -0.05) is 158 Å². The minimum Gasteiger partial charge on any atom is -0.456 e. The molecule has 1 aliphatic heterocycles. The number of hydrogen-bond donors (Lipinski definition) is 0. The molecule has 0 bridgehead atoms. The molecule has 0 fully saturated rings. The van der Waals surface area contributed by atoms with E-state index in [-0.39, 0.29) is 0 Å². The maximum absolute atomic E-state index is 6.74. The molecule has 0 radical (unpaired) electrons. The fourth-order valence-corrected chi connectivity index (χ4v) is 9.39. The third kappa shape index (κ3) is 4.54. The molecule has 10 aromatic rings. The Hall–Kier alpha value is -7.63. The van der Waals surface area contributed by atoms with Crippen LogP contribution in [0.15, 0.2) is 199 Å². The average molecular weight is 729 g/mol. The second-order valence-electron chi connectivity index (χ2n) is 14.7. The van der Waals surface area contributed by atoms with E-state index in [1.807, 2.05) is 60.7 Å². The van der Waals surface area contributed by atoms with E-state index in [4.69, 9.17) is 19.4 Å². The first-order chi connectivity index (χ1) is 28.3. The van der Waals surface area contributed by atoms with E-state index in [1.165, 1.54) is 33.4 Å². The number of fused-ring (bicyclic) bond motifs is 12. The van der Waals surface area contributed by atoms with Gasteiger partial charge >= 0.3 is 0 Å². The molecule has 0 N–H and O–H groups in total. The highest BCUT2D eigenvalue weighted by Crippen LogP contribution is 2.63. The Bertz CT molecular complexity index is 3050. The maximum Gasteiger partial charge on any atom is 0.164 e. The summed E-state index contributed by atoms with van der Waals surface area (Å²) in [6, 6.07) is 68.5. The summed E-state index contributed by atoms with van der Waals surface area (Å²) in [6.07, 6.45) is 0. The number of nitrogens with zero attached hydrogens (tertiary/aromatic N) is 4. The highest BCUT2D eigenvalue weighted by molar-refractivity contribution is 6.14. The first-order valence-electron chi connectivity index (χ1n) is 19.3. The van der Waals surface area contributed by atoms with Crippen molar-refractivity contribution in [3.05, 3.63) is 216 Å². The number of aromatic nitrogens is 3. The van der Waals surface area contributed by atoms with Crippen molar-refractivity contribution in [2.75, 3.05) is 4.90 Å². The van der Waals surface area contributed by atoms with E-state index in [0.29, 0.717) is 17.5 Å². The molecule has 1 aliphatic carbocycles. The smallest absolute Gasteiger partial charge is 0.164 e. The van der Waals surface area contributed by atoms with Crippen LogP contribution in [-0.2, 0) is 5.41 Å². The van der Waals surface area contributed by atoms with Gasteiger partial charge in [0.15, 0.2) is 17.5 Å². The molecule has 12 rings (SSSR count). The Kier molecular flexibility index (Phi) is 6.78. The lowest BCUT2D eigenvalue weighted by atomic mass is 9.64. The van der Waals surface area contributed by atoms with Crippen LogP contribution in [0, 0.1) is 0 Å². The Morgan fingerprint density at radius 3 is 1.42 bits per heavy atom. The summed E-state index contributed by atoms with van der Waals surface area (Å²) < 4.78 is 6.74. The van der Waals surface area contributed by atoms with Gasteiger partial charge < -0.3 is 9.32 Å². The standard InChI is InChI=1S/C52H32N4O/c1-3-16-33(17-4-1)49-53-50(34-18-5-2-6-19-34)55-51(54-49)35-30-31-38-47(32-35)57-46-29-15-28-45(48(38)46)56-43-26-13-11-24-41(43)52(42-25-12-14-27-44(42)56)39-22-9-7-20-36(39)37-21-8-10-23-40(37)52/h1-32H. The molecular formula is C52H32N4O. The molecule has 57 heavy (non-hydrogen) atoms. The predicted molar refractivity (Wildman–Crippen MR) is 229 cm³/mol. The first-order valence-corrected chi connectivity index (χ1v) is 19.3. The molecule has 2 aliphatic rings. The molecule has 3 heterocycles. The molecule has 0 saturated heterocycles. The van der Waals surface area contributed by atoms with Gasteiger partial charge in [0.05, 0.1) is 27.9 Å². The van der Waals surface area contributed by atoms with Crippen LogP contribution in [0.1, 0.15) is 22.3 Å². The van der Waals surface area contributed by atoms with E-state index in [9.17, 15) is 0 Å². The summed E-state index contributed by atoms with van der Waals surface area (Å²) in [4.78, 5) is 17.3. The molecule has 2 aromatic heterocycles. The van der Waals surface area contributed by atoms with Crippen LogP contribution in [0.4, 0.5) is 17.1 Å². The maximum atomic E-state index is 6.74. The number of benzene rings is 8. The number of hydrogen-bond acceptors (Lipinski definition) is 5. The average Bonchev–Trinajstić information content (AvgIpc) is 3.81. The highest BCUT2D eigenvalue weighted by atomic mass is 16.3. The van der Waals surface area contributed by atoms with Crippen LogP contribution in [-0.4, -0.2) is 15.0 Å². The fourth-order valence-electron chi connectivity index (χ4n) is 9.39. The lowest BCUT2D eigenvalue weighted by Gasteiger charge is -2.45. The van der Waals surface area contributed by atoms with Crippen molar-refractivity contribution >= 4 is 39.0 Å². The lowest BCUT2D eigenvalue weighted by molar-refractivity contribution is 0.669. The molecule has 5 nitrogen and oxygen atoms in total. The van der Waals surface area contributed by atoms with E-state index in [1.54, 1.807) is 0 Å². The minimum atomic E-state index is -0.472. The molecule has 5 heteroatoms. The molecular weight excluding hydrogens is 697 g/mol. The van der Waals surface area contributed by atoms with E-state index in [2.05, 4.69) is 138 Å². The van der Waals surface area contributed by atoms with Gasteiger partial charge in [0, 0.05) is 22.1 Å². The van der Waals surface area contributed by atoms with Crippen LogP contribution < -0.4 is 4.90 Å². The molecule has 266 valence electrons. The van der Waals surface area contributed by atoms with Crippen LogP contribution >= 0.6 is 0 Å². The number of furan rings is 1. The topological polar surface area (TPSA) is 55.1 Å². The van der Waals surface area contributed by atoms with Crippen molar-refractivity contribution in [3.8, 4) is 45.3 Å². The summed E-state index contributed by atoms with van der Waals surface area (Å²) in [5.41, 5.74) is 14.9. The van der Waals surface area contributed by atoms with Crippen molar-refractivity contribution in [2.45, 2.75) is 5.41 Å². The zero-order chi connectivity index (χ0) is 37.5. The highest BCUT2D eigenvalue weighted by Gasteiger charge is 2.51. The van der Waals surface area contributed by atoms with Gasteiger partial charge in [-0.2, -0.15) is 0 Å². The zero-order valence-electron chi connectivity index (χ0n) is 30.7. The summed E-state index contributed by atoms with van der Waals surface area (Å²) in [5, 5.41) is 2.08. The summed E-state index contributed by atoms with van der Waals surface area (Å²) in [6.45, 7) is 0. The zero-order valence-corrected chi connectivity index (χ0v) is 30.7. The van der Waals surface area contributed by atoms with E-state index in [0.717, 1.165) is 55.7 Å². The quantitative estimate of drug-likeness (QED) is 0.181. The van der Waals surface area contributed by atoms with Crippen molar-refractivity contribution in [3.63, 3.8) is 0 Å². The fraction of sp³-hybridized carbons (Fsp3) is 0.0192. The number of anilines is 3. The summed E-state index contributed by atoms with van der Waals surface area (Å²) in [5.74, 6) is 1.84. The van der Waals surface area contributed by atoms with Crippen molar-refractivity contribution in [1.82, 2.24) is 15.0 Å². The third-order valence-corrected chi connectivity index (χ3v) is 11.7. The van der Waals surface area contributed by atoms with Gasteiger partial charge in [-0.15, -0.1) is 0 Å². The van der Waals surface area contributed by atoms with Crippen LogP contribution in [0.3, 0.4) is 0 Å². The SMILES string of the molecule is c1ccc(-c2nc(-c3ccccc3)nc(-c3ccc4c(c3)oc3cccc(N5c6ccccc6C6(c7ccccc7-c7ccccc76)c6ccccc65)c34)n2)cc1. The van der Waals surface area contributed by atoms with Gasteiger partial charge in [0.25, 0.3) is 0 Å². The van der Waals surface area contributed by atoms with E-state index < -0.39 is 5.41 Å². The van der Waals surface area contributed by atoms with Crippen molar-refractivity contribution in [1.29, 1.82) is 0 Å². The lowest BCUT2D eigenvalue weighted by Crippen LogP contribution is -2.36. The Morgan fingerprint density at radius 1 is 0.368 bits per heavy atom.